The molecule has 5 nitrogen and oxygen atoms in total. The van der Waals surface area contributed by atoms with Gasteiger partial charge in [-0.1, -0.05) is 23.9 Å². The number of amides is 1. The van der Waals surface area contributed by atoms with Gasteiger partial charge in [-0.3, -0.25) is 4.79 Å². The number of carbonyl (C=O) groups excluding carboxylic acids is 1. The topological polar surface area (TPSA) is 75.6 Å². The van der Waals surface area contributed by atoms with E-state index in [2.05, 4.69) is 5.32 Å². The zero-order chi connectivity index (χ0) is 16.4. The van der Waals surface area contributed by atoms with Gasteiger partial charge in [-0.2, -0.15) is 0 Å². The average Bonchev–Trinajstić information content (AvgIpc) is 2.55. The zero-order valence-corrected chi connectivity index (χ0v) is 13.0. The summed E-state index contributed by atoms with van der Waals surface area (Å²) >= 11 is 1.32. The molecule has 0 atom stereocenters. The van der Waals surface area contributed by atoms with Gasteiger partial charge in [-0.15, -0.1) is 0 Å². The highest BCUT2D eigenvalue weighted by Gasteiger charge is 2.22. The van der Waals surface area contributed by atoms with Crippen LogP contribution in [0.25, 0.3) is 6.08 Å². The summed E-state index contributed by atoms with van der Waals surface area (Å²) in [5.41, 5.74) is 1.55. The first-order chi connectivity index (χ1) is 11.1. The van der Waals surface area contributed by atoms with Crippen LogP contribution in [0.1, 0.15) is 15.9 Å². The highest BCUT2D eigenvalue weighted by atomic mass is 32.2. The van der Waals surface area contributed by atoms with E-state index >= 15 is 0 Å². The van der Waals surface area contributed by atoms with Crippen LogP contribution < -0.4 is 10.1 Å². The summed E-state index contributed by atoms with van der Waals surface area (Å²) < 4.78 is 5.10. The summed E-state index contributed by atoms with van der Waals surface area (Å²) in [5, 5.41) is 11.7. The molecule has 1 aliphatic rings. The fourth-order valence-corrected chi connectivity index (χ4v) is 3.08. The molecule has 0 aromatic heterocycles. The average molecular weight is 327 g/mol. The first-order valence-corrected chi connectivity index (χ1v) is 7.61. The van der Waals surface area contributed by atoms with Gasteiger partial charge in [0.25, 0.3) is 5.91 Å². The van der Waals surface area contributed by atoms with Gasteiger partial charge in [0.05, 0.1) is 23.3 Å². The molecule has 1 aliphatic heterocycles. The third-order valence-electron chi connectivity index (χ3n) is 3.33. The molecule has 1 heterocycles. The summed E-state index contributed by atoms with van der Waals surface area (Å²) in [4.78, 5) is 24.5. The molecule has 116 valence electrons. The second-order valence-corrected chi connectivity index (χ2v) is 5.94. The van der Waals surface area contributed by atoms with Crippen molar-refractivity contribution in [2.45, 2.75) is 4.90 Å². The molecule has 0 spiro atoms. The van der Waals surface area contributed by atoms with E-state index in [0.717, 1.165) is 16.2 Å². The molecule has 0 aliphatic carbocycles. The van der Waals surface area contributed by atoms with Crippen LogP contribution in [0.5, 0.6) is 5.75 Å². The Morgan fingerprint density at radius 2 is 1.96 bits per heavy atom. The number of thioether (sulfide) groups is 1. The SMILES string of the molecule is COc1ccc(C=C2Sc3ccc(C(=O)O)cc3NC2=O)cc1. The number of nitrogens with one attached hydrogen (secondary N) is 1. The molecular formula is C17H13NO4S. The number of carboxylic acid groups (broad SMARTS) is 1. The Bertz CT molecular complexity index is 812. The Morgan fingerprint density at radius 1 is 1.22 bits per heavy atom. The van der Waals surface area contributed by atoms with Gasteiger partial charge in [-0.25, -0.2) is 4.79 Å². The number of carboxylic acids is 1. The van der Waals surface area contributed by atoms with Crippen LogP contribution >= 0.6 is 11.8 Å². The normalized spacial score (nSPS) is 15.0. The summed E-state index contributed by atoms with van der Waals surface area (Å²) in [7, 11) is 1.60. The smallest absolute Gasteiger partial charge is 0.335 e. The van der Waals surface area contributed by atoms with Crippen molar-refractivity contribution in [3.63, 3.8) is 0 Å². The highest BCUT2D eigenvalue weighted by Crippen LogP contribution is 2.39. The van der Waals surface area contributed by atoms with Crippen LogP contribution in [-0.4, -0.2) is 24.1 Å². The summed E-state index contributed by atoms with van der Waals surface area (Å²) in [5.74, 6) is -0.521. The van der Waals surface area contributed by atoms with Gasteiger partial charge in [0.15, 0.2) is 0 Å². The van der Waals surface area contributed by atoms with E-state index in [1.807, 2.05) is 24.3 Å². The molecule has 0 bridgehead atoms. The standard InChI is InChI=1S/C17H13NO4S/c1-22-12-5-2-10(3-6-12)8-15-16(19)18-13-9-11(17(20)21)4-7-14(13)23-15/h2-9H,1H3,(H,18,19)(H,20,21). The molecule has 1 amide bonds. The molecule has 0 unspecified atom stereocenters. The molecule has 3 rings (SSSR count). The van der Waals surface area contributed by atoms with Gasteiger partial charge >= 0.3 is 5.97 Å². The number of carbonyl (C=O) groups is 2. The number of rotatable bonds is 3. The molecule has 23 heavy (non-hydrogen) atoms. The van der Waals surface area contributed by atoms with E-state index in [9.17, 15) is 9.59 Å². The molecule has 0 saturated carbocycles. The van der Waals surface area contributed by atoms with Crippen LogP contribution in [-0.2, 0) is 4.79 Å². The third kappa shape index (κ3) is 3.22. The largest absolute Gasteiger partial charge is 0.497 e. The summed E-state index contributed by atoms with van der Waals surface area (Å²) in [6.45, 7) is 0. The van der Waals surface area contributed by atoms with E-state index in [0.29, 0.717) is 10.6 Å². The monoisotopic (exact) mass is 327 g/mol. The fraction of sp³-hybridized carbons (Fsp3) is 0.0588. The lowest BCUT2D eigenvalue weighted by molar-refractivity contribution is -0.112. The zero-order valence-electron chi connectivity index (χ0n) is 12.2. The number of hydrogen-bond acceptors (Lipinski definition) is 4. The quantitative estimate of drug-likeness (QED) is 0.844. The first kappa shape index (κ1) is 15.2. The minimum Gasteiger partial charge on any atom is -0.497 e. The van der Waals surface area contributed by atoms with Crippen molar-refractivity contribution in [2.24, 2.45) is 0 Å². The van der Waals surface area contributed by atoms with Crippen molar-refractivity contribution in [3.05, 3.63) is 58.5 Å². The van der Waals surface area contributed by atoms with Crippen molar-refractivity contribution in [2.75, 3.05) is 12.4 Å². The first-order valence-electron chi connectivity index (χ1n) is 6.79. The Hall–Kier alpha value is -2.73. The van der Waals surface area contributed by atoms with E-state index in [1.165, 1.54) is 23.9 Å². The predicted octanol–water partition coefficient (Wildman–Crippen LogP) is 3.48. The van der Waals surface area contributed by atoms with Crippen molar-refractivity contribution in [3.8, 4) is 5.75 Å². The Morgan fingerprint density at radius 3 is 2.61 bits per heavy atom. The fourth-order valence-electron chi connectivity index (χ4n) is 2.14. The van der Waals surface area contributed by atoms with Gasteiger partial charge < -0.3 is 15.2 Å². The maximum Gasteiger partial charge on any atom is 0.335 e. The molecule has 2 N–H and O–H groups in total. The minimum atomic E-state index is -1.02. The second kappa shape index (κ2) is 6.18. The van der Waals surface area contributed by atoms with Gasteiger partial charge in [0.1, 0.15) is 5.75 Å². The predicted molar refractivity (Wildman–Crippen MR) is 88.9 cm³/mol. The van der Waals surface area contributed by atoms with E-state index < -0.39 is 5.97 Å². The maximum atomic E-state index is 12.2. The van der Waals surface area contributed by atoms with Crippen LogP contribution in [0, 0.1) is 0 Å². The van der Waals surface area contributed by atoms with E-state index in [1.54, 1.807) is 19.3 Å². The van der Waals surface area contributed by atoms with Crippen LogP contribution in [0.3, 0.4) is 0 Å². The maximum absolute atomic E-state index is 12.2. The van der Waals surface area contributed by atoms with E-state index in [-0.39, 0.29) is 11.5 Å². The molecule has 0 fully saturated rings. The number of benzene rings is 2. The Labute approximate surface area is 137 Å². The molecule has 2 aromatic rings. The van der Waals surface area contributed by atoms with Crippen molar-refractivity contribution >= 4 is 35.4 Å². The molecule has 0 radical (unpaired) electrons. The summed E-state index contributed by atoms with van der Waals surface area (Å²) in [6, 6.07) is 12.1. The van der Waals surface area contributed by atoms with Crippen molar-refractivity contribution in [1.82, 2.24) is 0 Å². The number of aromatic carboxylic acids is 1. The number of hydrogen-bond donors (Lipinski definition) is 2. The van der Waals surface area contributed by atoms with Crippen LogP contribution in [0.2, 0.25) is 0 Å². The summed E-state index contributed by atoms with van der Waals surface area (Å²) in [6.07, 6.45) is 1.79. The number of anilines is 1. The molecule has 6 heteroatoms. The molecule has 0 saturated heterocycles. The second-order valence-electron chi connectivity index (χ2n) is 4.85. The van der Waals surface area contributed by atoms with Gasteiger partial charge in [-0.05, 0) is 42.0 Å². The number of methoxy groups -OCH3 is 1. The molecular weight excluding hydrogens is 314 g/mol. The van der Waals surface area contributed by atoms with Crippen molar-refractivity contribution < 1.29 is 19.4 Å². The number of ether oxygens (including phenoxy) is 1. The molecule has 2 aromatic carbocycles. The Balaban J connectivity index is 1.89. The van der Waals surface area contributed by atoms with Gasteiger partial charge in [0.2, 0.25) is 0 Å². The lowest BCUT2D eigenvalue weighted by Gasteiger charge is -2.19. The van der Waals surface area contributed by atoms with Crippen molar-refractivity contribution in [1.29, 1.82) is 0 Å². The highest BCUT2D eigenvalue weighted by molar-refractivity contribution is 8.04. The van der Waals surface area contributed by atoms with Gasteiger partial charge in [0, 0.05) is 4.90 Å². The lowest BCUT2D eigenvalue weighted by Crippen LogP contribution is -2.17. The van der Waals surface area contributed by atoms with E-state index in [4.69, 9.17) is 9.84 Å². The van der Waals surface area contributed by atoms with Crippen LogP contribution in [0.4, 0.5) is 5.69 Å². The lowest BCUT2D eigenvalue weighted by atomic mass is 10.2. The minimum absolute atomic E-state index is 0.146. The number of fused-ring (bicyclic) bond motifs is 1. The van der Waals surface area contributed by atoms with Crippen LogP contribution in [0.15, 0.2) is 52.3 Å². The third-order valence-corrected chi connectivity index (χ3v) is 4.43. The Kier molecular flexibility index (Phi) is 4.08.